The van der Waals surface area contributed by atoms with E-state index in [0.717, 1.165) is 30.2 Å². The second-order valence-electron chi connectivity index (χ2n) is 8.46. The molecule has 0 fully saturated rings. The van der Waals surface area contributed by atoms with E-state index in [1.807, 2.05) is 30.3 Å². The van der Waals surface area contributed by atoms with Gasteiger partial charge in [-0.3, -0.25) is 0 Å². The summed E-state index contributed by atoms with van der Waals surface area (Å²) in [5.74, 6) is 0.950. The first-order valence-corrected chi connectivity index (χ1v) is 12.4. The molecule has 0 spiro atoms. The Hall–Kier alpha value is -1.96. The lowest BCUT2D eigenvalue weighted by molar-refractivity contribution is 0.304. The minimum Gasteiger partial charge on any atom is -0.494 e. The van der Waals surface area contributed by atoms with Crippen LogP contribution in [0.1, 0.15) is 96.8 Å². The van der Waals surface area contributed by atoms with Gasteiger partial charge >= 0.3 is 0 Å². The smallest absolute Gasteiger partial charge is 0.121 e. The maximum Gasteiger partial charge on any atom is 0.121 e. The maximum absolute atomic E-state index is 5.95. The van der Waals surface area contributed by atoms with Crippen molar-refractivity contribution in [2.24, 2.45) is 0 Å². The molecule has 0 unspecified atom stereocenters. The lowest BCUT2D eigenvalue weighted by Gasteiger charge is -2.10. The molecule has 1 N–H and O–H groups in total. The van der Waals surface area contributed by atoms with E-state index < -0.39 is 0 Å². The Morgan fingerprint density at radius 1 is 0.567 bits per heavy atom. The third-order valence-electron chi connectivity index (χ3n) is 5.66. The second kappa shape index (κ2) is 16.8. The highest BCUT2D eigenvalue weighted by Gasteiger charge is 1.99. The second-order valence-corrected chi connectivity index (χ2v) is 8.46. The first kappa shape index (κ1) is 24.3. The van der Waals surface area contributed by atoms with Crippen molar-refractivity contribution in [1.82, 2.24) is 0 Å². The van der Waals surface area contributed by atoms with Crippen LogP contribution in [0.2, 0.25) is 0 Å². The molecule has 0 aliphatic carbocycles. The molecule has 0 amide bonds. The Morgan fingerprint density at radius 2 is 1.10 bits per heavy atom. The molecule has 0 aliphatic heterocycles. The van der Waals surface area contributed by atoms with E-state index >= 15 is 0 Å². The molecule has 166 valence electrons. The molecule has 2 aromatic rings. The summed E-state index contributed by atoms with van der Waals surface area (Å²) in [6.45, 7) is 3.10. The van der Waals surface area contributed by atoms with Crippen molar-refractivity contribution in [2.75, 3.05) is 11.9 Å². The van der Waals surface area contributed by atoms with Crippen LogP contribution in [-0.4, -0.2) is 6.61 Å². The summed E-state index contributed by atoms with van der Waals surface area (Å²) < 4.78 is 5.95. The van der Waals surface area contributed by atoms with Crippen LogP contribution in [-0.2, 0) is 0 Å². The van der Waals surface area contributed by atoms with Gasteiger partial charge in [0.25, 0.3) is 0 Å². The number of unbranched alkanes of at least 4 members (excludes halogenated alkanes) is 13. The molecule has 0 saturated carbocycles. The molecule has 0 saturated heterocycles. The van der Waals surface area contributed by atoms with Gasteiger partial charge < -0.3 is 10.1 Å². The fourth-order valence-corrected chi connectivity index (χ4v) is 3.84. The Morgan fingerprint density at radius 3 is 1.70 bits per heavy atom. The Labute approximate surface area is 185 Å². The van der Waals surface area contributed by atoms with Crippen LogP contribution >= 0.6 is 0 Å². The van der Waals surface area contributed by atoms with Gasteiger partial charge in [-0.25, -0.2) is 0 Å². The highest BCUT2D eigenvalue weighted by atomic mass is 16.5. The first-order chi connectivity index (χ1) is 14.9. The number of anilines is 2. The molecule has 0 bridgehead atoms. The maximum atomic E-state index is 5.95. The van der Waals surface area contributed by atoms with Gasteiger partial charge in [0, 0.05) is 17.4 Å². The van der Waals surface area contributed by atoms with Gasteiger partial charge in [0.1, 0.15) is 5.75 Å². The molecule has 30 heavy (non-hydrogen) atoms. The molecule has 2 rings (SSSR count). The quantitative estimate of drug-likeness (QED) is 0.248. The number of para-hydroxylation sites is 1. The summed E-state index contributed by atoms with van der Waals surface area (Å²) in [5, 5.41) is 3.42. The molecule has 2 aromatic carbocycles. The van der Waals surface area contributed by atoms with Crippen LogP contribution in [0.25, 0.3) is 0 Å². The third kappa shape index (κ3) is 11.9. The van der Waals surface area contributed by atoms with Crippen molar-refractivity contribution in [3.8, 4) is 5.75 Å². The normalized spacial score (nSPS) is 10.8. The van der Waals surface area contributed by atoms with Crippen molar-refractivity contribution < 1.29 is 4.74 Å². The van der Waals surface area contributed by atoms with Crippen LogP contribution in [0, 0.1) is 0 Å². The molecule has 0 heterocycles. The summed E-state index contributed by atoms with van der Waals surface area (Å²) >= 11 is 0. The van der Waals surface area contributed by atoms with Gasteiger partial charge in [-0.05, 0) is 30.7 Å². The Kier molecular flexibility index (Phi) is 13.6. The van der Waals surface area contributed by atoms with Crippen molar-refractivity contribution in [2.45, 2.75) is 96.8 Å². The SMILES string of the molecule is CCCCCCCCCCCCCCCCOc1cccc(Nc2ccccc2)c1. The van der Waals surface area contributed by atoms with E-state index in [0.29, 0.717) is 0 Å². The minimum atomic E-state index is 0.812. The predicted molar refractivity (Wildman–Crippen MR) is 132 cm³/mol. The van der Waals surface area contributed by atoms with Gasteiger partial charge in [-0.1, -0.05) is 115 Å². The fraction of sp³-hybridized carbons (Fsp3) is 0.571. The standard InChI is InChI=1S/C28H43NO/c1-2-3-4-5-6-7-8-9-10-11-12-13-14-18-24-30-28-23-19-22-27(25-28)29-26-20-16-15-17-21-26/h15-17,19-23,25,29H,2-14,18,24H2,1H3. The Bertz CT molecular complexity index is 640. The third-order valence-corrected chi connectivity index (χ3v) is 5.66. The number of nitrogens with one attached hydrogen (secondary N) is 1. The van der Waals surface area contributed by atoms with Gasteiger partial charge in [0.15, 0.2) is 0 Å². The highest BCUT2D eigenvalue weighted by Crippen LogP contribution is 2.21. The molecule has 0 aliphatic rings. The zero-order valence-electron chi connectivity index (χ0n) is 19.2. The van der Waals surface area contributed by atoms with Crippen molar-refractivity contribution in [3.05, 3.63) is 54.6 Å². The van der Waals surface area contributed by atoms with Gasteiger partial charge in [0.2, 0.25) is 0 Å². The van der Waals surface area contributed by atoms with Crippen LogP contribution < -0.4 is 10.1 Å². The number of benzene rings is 2. The number of hydrogen-bond acceptors (Lipinski definition) is 2. The van der Waals surface area contributed by atoms with E-state index in [1.54, 1.807) is 0 Å². The molecule has 2 nitrogen and oxygen atoms in total. The van der Waals surface area contributed by atoms with Crippen molar-refractivity contribution in [1.29, 1.82) is 0 Å². The van der Waals surface area contributed by atoms with Gasteiger partial charge in [0.05, 0.1) is 6.61 Å². The predicted octanol–water partition coefficient (Wildman–Crippen LogP) is 9.29. The average molecular weight is 410 g/mol. The molecule has 0 atom stereocenters. The summed E-state index contributed by atoms with van der Waals surface area (Å²) in [7, 11) is 0. The van der Waals surface area contributed by atoms with E-state index in [1.165, 1.54) is 83.5 Å². The minimum absolute atomic E-state index is 0.812. The molecular formula is C28H43NO. The molecular weight excluding hydrogens is 366 g/mol. The van der Waals surface area contributed by atoms with Crippen LogP contribution in [0.15, 0.2) is 54.6 Å². The summed E-state index contributed by atoms with van der Waals surface area (Å²) in [6.07, 6.45) is 19.4. The number of ether oxygens (including phenoxy) is 1. The first-order valence-electron chi connectivity index (χ1n) is 12.4. The monoisotopic (exact) mass is 409 g/mol. The Balaban J connectivity index is 1.42. The topological polar surface area (TPSA) is 21.3 Å². The van der Waals surface area contributed by atoms with E-state index in [9.17, 15) is 0 Å². The van der Waals surface area contributed by atoms with Crippen molar-refractivity contribution >= 4 is 11.4 Å². The molecule has 0 aromatic heterocycles. The fourth-order valence-electron chi connectivity index (χ4n) is 3.84. The van der Waals surface area contributed by atoms with E-state index in [2.05, 4.69) is 36.5 Å². The number of hydrogen-bond donors (Lipinski definition) is 1. The summed E-state index contributed by atoms with van der Waals surface area (Å²) in [6, 6.07) is 18.5. The zero-order valence-corrected chi connectivity index (χ0v) is 19.2. The summed E-state index contributed by atoms with van der Waals surface area (Å²) in [4.78, 5) is 0. The number of rotatable bonds is 18. The van der Waals surface area contributed by atoms with Crippen molar-refractivity contribution in [3.63, 3.8) is 0 Å². The largest absolute Gasteiger partial charge is 0.494 e. The lowest BCUT2D eigenvalue weighted by atomic mass is 10.0. The van der Waals surface area contributed by atoms with Crippen LogP contribution in [0.5, 0.6) is 5.75 Å². The zero-order chi connectivity index (χ0) is 21.1. The highest BCUT2D eigenvalue weighted by molar-refractivity contribution is 5.60. The summed E-state index contributed by atoms with van der Waals surface area (Å²) in [5.41, 5.74) is 2.17. The van der Waals surface area contributed by atoms with E-state index in [4.69, 9.17) is 4.74 Å². The van der Waals surface area contributed by atoms with Crippen LogP contribution in [0.3, 0.4) is 0 Å². The lowest BCUT2D eigenvalue weighted by Crippen LogP contribution is -1.98. The van der Waals surface area contributed by atoms with Gasteiger partial charge in [-0.2, -0.15) is 0 Å². The molecule has 0 radical (unpaired) electrons. The van der Waals surface area contributed by atoms with Crippen LogP contribution in [0.4, 0.5) is 11.4 Å². The van der Waals surface area contributed by atoms with E-state index in [-0.39, 0.29) is 0 Å². The average Bonchev–Trinajstić information content (AvgIpc) is 2.77. The molecule has 2 heteroatoms. The van der Waals surface area contributed by atoms with Gasteiger partial charge in [-0.15, -0.1) is 0 Å².